The van der Waals surface area contributed by atoms with Gasteiger partial charge in [0.25, 0.3) is 0 Å². The van der Waals surface area contributed by atoms with Crippen molar-refractivity contribution in [1.29, 1.82) is 0 Å². The summed E-state index contributed by atoms with van der Waals surface area (Å²) in [6, 6.07) is 7.76. The molecule has 0 aliphatic heterocycles. The average molecular weight is 289 g/mol. The van der Waals surface area contributed by atoms with E-state index >= 15 is 0 Å². The van der Waals surface area contributed by atoms with Gasteiger partial charge in [0.1, 0.15) is 0 Å². The number of rotatable bonds is 6. The molecule has 1 aromatic carbocycles. The van der Waals surface area contributed by atoms with Crippen molar-refractivity contribution in [1.82, 2.24) is 14.7 Å². The lowest BCUT2D eigenvalue weighted by molar-refractivity contribution is 0.0943. The van der Waals surface area contributed by atoms with Gasteiger partial charge in [0, 0.05) is 35.8 Å². The smallest absolute Gasteiger partial charge is 0.176 e. The second-order valence-corrected chi connectivity index (χ2v) is 5.73. The fraction of sp³-hybridized carbons (Fsp3) is 0.333. The van der Waals surface area contributed by atoms with Crippen LogP contribution < -0.4 is 0 Å². The highest BCUT2D eigenvalue weighted by molar-refractivity contribution is 7.98. The minimum Gasteiger partial charge on any atom is -0.294 e. The first-order valence-corrected chi connectivity index (χ1v) is 7.64. The van der Waals surface area contributed by atoms with Crippen LogP contribution in [0.4, 0.5) is 0 Å². The molecule has 0 bridgehead atoms. The van der Waals surface area contributed by atoms with Crippen molar-refractivity contribution < 1.29 is 4.79 Å². The summed E-state index contributed by atoms with van der Waals surface area (Å²) >= 11 is 1.68. The second-order valence-electron chi connectivity index (χ2n) is 4.85. The summed E-state index contributed by atoms with van der Waals surface area (Å²) in [6.07, 6.45) is 5.82. The van der Waals surface area contributed by atoms with Crippen molar-refractivity contribution in [3.05, 3.63) is 47.8 Å². The first-order chi connectivity index (χ1) is 9.58. The summed E-state index contributed by atoms with van der Waals surface area (Å²) in [5.41, 5.74) is 1.88. The molecule has 106 valence electrons. The Kier molecular flexibility index (Phi) is 4.98. The maximum absolute atomic E-state index is 12.2. The molecule has 4 nitrogen and oxygen atoms in total. The first kappa shape index (κ1) is 14.8. The number of hydrogen-bond acceptors (Lipinski definition) is 4. The van der Waals surface area contributed by atoms with Crippen molar-refractivity contribution in [2.24, 2.45) is 7.05 Å². The van der Waals surface area contributed by atoms with Crippen molar-refractivity contribution in [3.63, 3.8) is 0 Å². The molecule has 20 heavy (non-hydrogen) atoms. The van der Waals surface area contributed by atoms with E-state index in [9.17, 15) is 4.79 Å². The van der Waals surface area contributed by atoms with E-state index in [-0.39, 0.29) is 5.78 Å². The summed E-state index contributed by atoms with van der Waals surface area (Å²) in [7, 11) is 3.84. The van der Waals surface area contributed by atoms with Crippen LogP contribution in [-0.2, 0) is 13.6 Å². The number of thioether (sulfide) groups is 1. The van der Waals surface area contributed by atoms with E-state index in [1.807, 2.05) is 61.9 Å². The molecule has 0 saturated heterocycles. The van der Waals surface area contributed by atoms with E-state index in [4.69, 9.17) is 0 Å². The summed E-state index contributed by atoms with van der Waals surface area (Å²) in [5, 5.41) is 4.13. The molecule has 0 spiro atoms. The quantitative estimate of drug-likeness (QED) is 0.605. The van der Waals surface area contributed by atoms with E-state index < -0.39 is 0 Å². The lowest BCUT2D eigenvalue weighted by Crippen LogP contribution is -2.25. The predicted octanol–water partition coefficient (Wildman–Crippen LogP) is 2.46. The van der Waals surface area contributed by atoms with Gasteiger partial charge in [0.15, 0.2) is 5.78 Å². The van der Waals surface area contributed by atoms with Gasteiger partial charge in [-0.05, 0) is 25.4 Å². The SMILES string of the molecule is CSc1ccc(C(=O)CN(C)Cc2cnn(C)c2)cc1. The number of ketones is 1. The van der Waals surface area contributed by atoms with Crippen LogP contribution in [0.5, 0.6) is 0 Å². The molecule has 1 heterocycles. The number of carbonyl (C=O) groups is 1. The molecule has 0 aliphatic carbocycles. The van der Waals surface area contributed by atoms with Crippen LogP contribution in [0, 0.1) is 0 Å². The zero-order valence-electron chi connectivity index (χ0n) is 12.0. The molecule has 1 aromatic heterocycles. The number of hydrogen-bond donors (Lipinski definition) is 0. The molecule has 2 aromatic rings. The van der Waals surface area contributed by atoms with Crippen LogP contribution in [-0.4, -0.2) is 40.3 Å². The summed E-state index contributed by atoms with van der Waals surface area (Å²) in [4.78, 5) is 15.4. The molecule has 0 fully saturated rings. The van der Waals surface area contributed by atoms with Gasteiger partial charge in [0.05, 0.1) is 12.7 Å². The van der Waals surface area contributed by atoms with Gasteiger partial charge in [-0.1, -0.05) is 12.1 Å². The Morgan fingerprint density at radius 3 is 2.60 bits per heavy atom. The zero-order chi connectivity index (χ0) is 14.5. The number of aryl methyl sites for hydroxylation is 1. The highest BCUT2D eigenvalue weighted by Crippen LogP contribution is 2.15. The fourth-order valence-corrected chi connectivity index (χ4v) is 2.44. The van der Waals surface area contributed by atoms with E-state index in [2.05, 4.69) is 5.10 Å². The molecule has 0 saturated carbocycles. The molecule has 0 amide bonds. The van der Waals surface area contributed by atoms with Gasteiger partial charge in [0.2, 0.25) is 0 Å². The van der Waals surface area contributed by atoms with Gasteiger partial charge >= 0.3 is 0 Å². The average Bonchev–Trinajstić information content (AvgIpc) is 2.84. The Hall–Kier alpha value is -1.59. The number of likely N-dealkylation sites (N-methyl/N-ethyl adjacent to an activating group) is 1. The van der Waals surface area contributed by atoms with Gasteiger partial charge in [-0.3, -0.25) is 14.4 Å². The van der Waals surface area contributed by atoms with Crippen molar-refractivity contribution in [2.75, 3.05) is 19.8 Å². The third-order valence-corrected chi connectivity index (χ3v) is 3.78. The lowest BCUT2D eigenvalue weighted by atomic mass is 10.1. The van der Waals surface area contributed by atoms with E-state index in [1.165, 1.54) is 4.90 Å². The van der Waals surface area contributed by atoms with E-state index in [0.717, 1.165) is 17.7 Å². The number of nitrogens with zero attached hydrogens (tertiary/aromatic N) is 3. The molecule has 2 rings (SSSR count). The molecular formula is C15H19N3OS. The van der Waals surface area contributed by atoms with Crippen LogP contribution in [0.25, 0.3) is 0 Å². The molecule has 0 aliphatic rings. The standard InChI is InChI=1S/C15H19N3OS/c1-17(9-12-8-16-18(2)10-12)11-15(19)13-4-6-14(20-3)7-5-13/h4-8,10H,9,11H2,1-3H3. The maximum atomic E-state index is 12.2. The molecule has 0 unspecified atom stereocenters. The minimum atomic E-state index is 0.143. The monoisotopic (exact) mass is 289 g/mol. The zero-order valence-corrected chi connectivity index (χ0v) is 12.9. The highest BCUT2D eigenvalue weighted by atomic mass is 32.2. The normalized spacial score (nSPS) is 11.0. The van der Waals surface area contributed by atoms with Crippen LogP contribution in [0.1, 0.15) is 15.9 Å². The lowest BCUT2D eigenvalue weighted by Gasteiger charge is -2.14. The third kappa shape index (κ3) is 3.95. The Bertz CT molecular complexity index is 577. The summed E-state index contributed by atoms with van der Waals surface area (Å²) in [6.45, 7) is 1.13. The van der Waals surface area contributed by atoms with Gasteiger partial charge in [-0.25, -0.2) is 0 Å². The fourth-order valence-electron chi connectivity index (χ4n) is 2.03. The highest BCUT2D eigenvalue weighted by Gasteiger charge is 2.10. The van der Waals surface area contributed by atoms with Gasteiger partial charge in [-0.15, -0.1) is 11.8 Å². The van der Waals surface area contributed by atoms with Crippen LogP contribution in [0.3, 0.4) is 0 Å². The number of carbonyl (C=O) groups excluding carboxylic acids is 1. The Balaban J connectivity index is 1.92. The summed E-state index contributed by atoms with van der Waals surface area (Å²) in [5.74, 6) is 0.143. The Morgan fingerprint density at radius 1 is 1.35 bits per heavy atom. The minimum absolute atomic E-state index is 0.143. The van der Waals surface area contributed by atoms with Crippen LogP contribution >= 0.6 is 11.8 Å². The Morgan fingerprint density at radius 2 is 2.05 bits per heavy atom. The van der Waals surface area contributed by atoms with Crippen molar-refractivity contribution in [2.45, 2.75) is 11.4 Å². The second kappa shape index (κ2) is 6.72. The van der Waals surface area contributed by atoms with Crippen LogP contribution in [0.15, 0.2) is 41.6 Å². The van der Waals surface area contributed by atoms with Crippen LogP contribution in [0.2, 0.25) is 0 Å². The van der Waals surface area contributed by atoms with E-state index in [1.54, 1.807) is 16.4 Å². The predicted molar refractivity (Wildman–Crippen MR) is 82.1 cm³/mol. The third-order valence-electron chi connectivity index (χ3n) is 3.04. The maximum Gasteiger partial charge on any atom is 0.176 e. The van der Waals surface area contributed by atoms with Crippen molar-refractivity contribution >= 4 is 17.5 Å². The molecule has 5 heteroatoms. The van der Waals surface area contributed by atoms with E-state index in [0.29, 0.717) is 6.54 Å². The van der Waals surface area contributed by atoms with Gasteiger partial charge in [-0.2, -0.15) is 5.10 Å². The summed E-state index contributed by atoms with van der Waals surface area (Å²) < 4.78 is 1.77. The number of Topliss-reactive ketones (excluding diaryl/α,β-unsaturated/α-hetero) is 1. The molecule has 0 N–H and O–H groups in total. The largest absolute Gasteiger partial charge is 0.294 e. The molecule has 0 atom stereocenters. The molecular weight excluding hydrogens is 270 g/mol. The molecule has 0 radical (unpaired) electrons. The first-order valence-electron chi connectivity index (χ1n) is 6.42. The number of benzene rings is 1. The number of aromatic nitrogens is 2. The van der Waals surface area contributed by atoms with Gasteiger partial charge < -0.3 is 0 Å². The topological polar surface area (TPSA) is 38.1 Å². The Labute approximate surface area is 123 Å². The van der Waals surface area contributed by atoms with Crippen molar-refractivity contribution in [3.8, 4) is 0 Å².